The van der Waals surface area contributed by atoms with Gasteiger partial charge in [0.1, 0.15) is 5.75 Å². The number of rotatable bonds is 3. The average Bonchev–Trinajstić information content (AvgIpc) is 2.78. The van der Waals surface area contributed by atoms with E-state index in [-0.39, 0.29) is 11.5 Å². The number of benzene rings is 1. The SMILES string of the molecule is COc1ccc(C)cc1NC(=O)C(=O)NC1CCS(=O)(=O)C1. The van der Waals surface area contributed by atoms with E-state index in [1.165, 1.54) is 7.11 Å². The molecule has 2 N–H and O–H groups in total. The molecule has 1 aromatic carbocycles. The molecule has 1 aliphatic rings. The maximum Gasteiger partial charge on any atom is 0.313 e. The zero-order chi connectivity index (χ0) is 16.3. The Labute approximate surface area is 129 Å². The largest absolute Gasteiger partial charge is 0.495 e. The Balaban J connectivity index is 2.00. The second-order valence-electron chi connectivity index (χ2n) is 5.23. The van der Waals surface area contributed by atoms with Crippen LogP contribution in [-0.2, 0) is 19.4 Å². The fraction of sp³-hybridized carbons (Fsp3) is 0.429. The van der Waals surface area contributed by atoms with Gasteiger partial charge in [0.15, 0.2) is 9.84 Å². The van der Waals surface area contributed by atoms with Crippen molar-refractivity contribution in [1.82, 2.24) is 5.32 Å². The highest BCUT2D eigenvalue weighted by Gasteiger charge is 2.30. The van der Waals surface area contributed by atoms with Crippen molar-refractivity contribution in [3.8, 4) is 5.75 Å². The standard InChI is InChI=1S/C14H18N2O5S/c1-9-3-4-12(21-2)11(7-9)16-14(18)13(17)15-10-5-6-22(19,20)8-10/h3-4,7,10H,5-6,8H2,1-2H3,(H,15,17)(H,16,18). The van der Waals surface area contributed by atoms with Crippen LogP contribution in [-0.4, -0.2) is 44.9 Å². The molecule has 8 heteroatoms. The molecule has 1 saturated heterocycles. The summed E-state index contributed by atoms with van der Waals surface area (Å²) >= 11 is 0. The van der Waals surface area contributed by atoms with Gasteiger partial charge in [-0.3, -0.25) is 9.59 Å². The zero-order valence-electron chi connectivity index (χ0n) is 12.4. The first-order valence-corrected chi connectivity index (χ1v) is 8.60. The molecule has 120 valence electrons. The van der Waals surface area contributed by atoms with E-state index < -0.39 is 27.7 Å². The molecule has 2 rings (SSSR count). The van der Waals surface area contributed by atoms with Crippen LogP contribution in [0.2, 0.25) is 0 Å². The van der Waals surface area contributed by atoms with E-state index in [0.717, 1.165) is 5.56 Å². The third-order valence-corrected chi connectivity index (χ3v) is 5.15. The number of nitrogens with one attached hydrogen (secondary N) is 2. The van der Waals surface area contributed by atoms with Crippen LogP contribution in [0.4, 0.5) is 5.69 Å². The highest BCUT2D eigenvalue weighted by molar-refractivity contribution is 7.91. The lowest BCUT2D eigenvalue weighted by atomic mass is 10.2. The molecule has 0 aliphatic carbocycles. The monoisotopic (exact) mass is 326 g/mol. The van der Waals surface area contributed by atoms with Gasteiger partial charge in [0.05, 0.1) is 24.3 Å². The van der Waals surface area contributed by atoms with Crippen molar-refractivity contribution >= 4 is 27.3 Å². The lowest BCUT2D eigenvalue weighted by Gasteiger charge is -2.13. The number of ether oxygens (including phenoxy) is 1. The summed E-state index contributed by atoms with van der Waals surface area (Å²) in [4.78, 5) is 23.8. The van der Waals surface area contributed by atoms with Crippen molar-refractivity contribution in [2.24, 2.45) is 0 Å². The van der Waals surface area contributed by atoms with Crippen molar-refractivity contribution in [1.29, 1.82) is 0 Å². The van der Waals surface area contributed by atoms with E-state index in [0.29, 0.717) is 17.9 Å². The first kappa shape index (κ1) is 16.3. The summed E-state index contributed by atoms with van der Waals surface area (Å²) < 4.78 is 27.8. The van der Waals surface area contributed by atoms with Crippen molar-refractivity contribution in [2.75, 3.05) is 23.9 Å². The number of methoxy groups -OCH3 is 1. The van der Waals surface area contributed by atoms with E-state index in [9.17, 15) is 18.0 Å². The number of sulfone groups is 1. The molecule has 0 bridgehead atoms. The number of anilines is 1. The quantitative estimate of drug-likeness (QED) is 0.775. The molecule has 0 spiro atoms. The molecule has 1 unspecified atom stereocenters. The maximum absolute atomic E-state index is 11.9. The van der Waals surface area contributed by atoms with E-state index >= 15 is 0 Å². The topological polar surface area (TPSA) is 102 Å². The third-order valence-electron chi connectivity index (χ3n) is 3.38. The normalized spacial score (nSPS) is 19.5. The molecule has 22 heavy (non-hydrogen) atoms. The molecular weight excluding hydrogens is 308 g/mol. The summed E-state index contributed by atoms with van der Waals surface area (Å²) in [6.07, 6.45) is 0.328. The summed E-state index contributed by atoms with van der Waals surface area (Å²) in [6.45, 7) is 1.85. The Hall–Kier alpha value is -2.09. The van der Waals surface area contributed by atoms with Crippen molar-refractivity contribution in [2.45, 2.75) is 19.4 Å². The Morgan fingerprint density at radius 3 is 2.59 bits per heavy atom. The summed E-state index contributed by atoms with van der Waals surface area (Å²) in [5.41, 5.74) is 1.29. The minimum absolute atomic E-state index is 0.0330. The van der Waals surface area contributed by atoms with Gasteiger partial charge in [0.2, 0.25) is 0 Å². The van der Waals surface area contributed by atoms with Gasteiger partial charge >= 0.3 is 11.8 Å². The molecule has 0 aromatic heterocycles. The van der Waals surface area contributed by atoms with Crippen LogP contribution in [0.1, 0.15) is 12.0 Å². The minimum atomic E-state index is -3.11. The minimum Gasteiger partial charge on any atom is -0.495 e. The molecular formula is C14H18N2O5S. The van der Waals surface area contributed by atoms with E-state index in [1.54, 1.807) is 12.1 Å². The zero-order valence-corrected chi connectivity index (χ0v) is 13.2. The molecule has 1 aliphatic heterocycles. The lowest BCUT2D eigenvalue weighted by molar-refractivity contribution is -0.136. The number of carbonyl (C=O) groups excluding carboxylic acids is 2. The fourth-order valence-electron chi connectivity index (χ4n) is 2.26. The fourth-order valence-corrected chi connectivity index (χ4v) is 3.93. The molecule has 1 heterocycles. The van der Waals surface area contributed by atoms with Crippen molar-refractivity contribution in [3.05, 3.63) is 23.8 Å². The first-order chi connectivity index (χ1) is 10.3. The van der Waals surface area contributed by atoms with E-state index in [4.69, 9.17) is 4.74 Å². The van der Waals surface area contributed by atoms with Gasteiger partial charge in [0, 0.05) is 6.04 Å². The summed E-state index contributed by atoms with van der Waals surface area (Å²) in [7, 11) is -1.65. The van der Waals surface area contributed by atoms with Crippen LogP contribution in [0.5, 0.6) is 5.75 Å². The average molecular weight is 326 g/mol. The number of aryl methyl sites for hydroxylation is 1. The van der Waals surface area contributed by atoms with E-state index in [2.05, 4.69) is 10.6 Å². The second kappa shape index (κ2) is 6.35. The van der Waals surface area contributed by atoms with Crippen molar-refractivity contribution in [3.63, 3.8) is 0 Å². The maximum atomic E-state index is 11.9. The number of hydrogen-bond donors (Lipinski definition) is 2. The lowest BCUT2D eigenvalue weighted by Crippen LogP contribution is -2.42. The molecule has 1 atom stereocenters. The highest BCUT2D eigenvalue weighted by atomic mass is 32.2. The van der Waals surface area contributed by atoms with Crippen LogP contribution in [0.3, 0.4) is 0 Å². The van der Waals surface area contributed by atoms with Crippen LogP contribution in [0, 0.1) is 6.92 Å². The highest BCUT2D eigenvalue weighted by Crippen LogP contribution is 2.25. The first-order valence-electron chi connectivity index (χ1n) is 6.77. The van der Waals surface area contributed by atoms with Gasteiger partial charge in [-0.15, -0.1) is 0 Å². The Morgan fingerprint density at radius 1 is 1.27 bits per heavy atom. The predicted molar refractivity (Wildman–Crippen MR) is 81.6 cm³/mol. The number of amides is 2. The van der Waals surface area contributed by atoms with Gasteiger partial charge in [0.25, 0.3) is 0 Å². The Kier molecular flexibility index (Phi) is 4.70. The van der Waals surface area contributed by atoms with Crippen LogP contribution in [0.15, 0.2) is 18.2 Å². The Bertz CT molecular complexity index is 699. The van der Waals surface area contributed by atoms with Crippen LogP contribution in [0.25, 0.3) is 0 Å². The molecule has 1 aromatic rings. The molecule has 0 radical (unpaired) electrons. The number of carbonyl (C=O) groups is 2. The Morgan fingerprint density at radius 2 is 2.00 bits per heavy atom. The van der Waals surface area contributed by atoms with Crippen LogP contribution >= 0.6 is 0 Å². The summed E-state index contributed by atoms with van der Waals surface area (Å²) in [5, 5.41) is 4.91. The van der Waals surface area contributed by atoms with Gasteiger partial charge in [-0.25, -0.2) is 8.42 Å². The molecule has 7 nitrogen and oxygen atoms in total. The van der Waals surface area contributed by atoms with Gasteiger partial charge in [-0.05, 0) is 31.0 Å². The molecule has 0 saturated carbocycles. The smallest absolute Gasteiger partial charge is 0.313 e. The molecule has 2 amide bonds. The van der Waals surface area contributed by atoms with Gasteiger partial charge in [-0.1, -0.05) is 6.07 Å². The third kappa shape index (κ3) is 3.97. The van der Waals surface area contributed by atoms with E-state index in [1.807, 2.05) is 13.0 Å². The summed E-state index contributed by atoms with van der Waals surface area (Å²) in [5.74, 6) is -1.36. The summed E-state index contributed by atoms with van der Waals surface area (Å²) in [6, 6.07) is 4.68. The predicted octanol–water partition coefficient (Wildman–Crippen LogP) is 0.245. The molecule has 1 fully saturated rings. The van der Waals surface area contributed by atoms with Gasteiger partial charge < -0.3 is 15.4 Å². The van der Waals surface area contributed by atoms with Gasteiger partial charge in [-0.2, -0.15) is 0 Å². The van der Waals surface area contributed by atoms with Crippen molar-refractivity contribution < 1.29 is 22.7 Å². The second-order valence-corrected chi connectivity index (χ2v) is 7.46. The van der Waals surface area contributed by atoms with Crippen LogP contribution < -0.4 is 15.4 Å². The number of hydrogen-bond acceptors (Lipinski definition) is 5.